The van der Waals surface area contributed by atoms with Gasteiger partial charge in [-0.05, 0) is 42.7 Å². The number of halogens is 1. The second-order valence-corrected chi connectivity index (χ2v) is 8.07. The van der Waals surface area contributed by atoms with Gasteiger partial charge in [-0.25, -0.2) is 12.8 Å². The van der Waals surface area contributed by atoms with E-state index < -0.39 is 21.7 Å². The monoisotopic (exact) mass is 376 g/mol. The number of carbonyl (C=O) groups excluding carboxylic acids is 1. The van der Waals surface area contributed by atoms with Crippen LogP contribution in [0.4, 0.5) is 10.1 Å². The van der Waals surface area contributed by atoms with Gasteiger partial charge in [-0.2, -0.15) is 0 Å². The predicted molar refractivity (Wildman–Crippen MR) is 98.3 cm³/mol. The van der Waals surface area contributed by atoms with Gasteiger partial charge >= 0.3 is 0 Å². The van der Waals surface area contributed by atoms with Crippen LogP contribution >= 0.6 is 0 Å². The molecule has 2 aromatic carbocycles. The molecule has 3 rings (SSSR count). The van der Waals surface area contributed by atoms with Gasteiger partial charge in [0.1, 0.15) is 5.82 Å². The van der Waals surface area contributed by atoms with Gasteiger partial charge in [0.05, 0.1) is 16.1 Å². The highest BCUT2D eigenvalue weighted by molar-refractivity contribution is 7.92. The van der Waals surface area contributed by atoms with E-state index in [1.54, 1.807) is 12.1 Å². The van der Waals surface area contributed by atoms with Gasteiger partial charge in [0.15, 0.2) is 0 Å². The first-order valence-electron chi connectivity index (χ1n) is 8.63. The van der Waals surface area contributed by atoms with E-state index in [0.29, 0.717) is 25.2 Å². The molecule has 0 bridgehead atoms. The lowest BCUT2D eigenvalue weighted by molar-refractivity contribution is 0.0949. The van der Waals surface area contributed by atoms with Crippen molar-refractivity contribution in [3.63, 3.8) is 0 Å². The Labute approximate surface area is 152 Å². The molecule has 138 valence electrons. The summed E-state index contributed by atoms with van der Waals surface area (Å²) in [6.45, 7) is 2.73. The smallest absolute Gasteiger partial charge is 0.264 e. The van der Waals surface area contributed by atoms with Crippen molar-refractivity contribution >= 4 is 21.6 Å². The fourth-order valence-corrected chi connectivity index (χ4v) is 4.53. The molecular formula is C19H21FN2O3S. The van der Waals surface area contributed by atoms with E-state index in [-0.39, 0.29) is 10.5 Å². The van der Waals surface area contributed by atoms with Crippen molar-refractivity contribution in [1.82, 2.24) is 5.32 Å². The molecule has 0 saturated heterocycles. The van der Waals surface area contributed by atoms with Crippen LogP contribution in [0, 0.1) is 5.82 Å². The number of unbranched alkanes of at least 4 members (excludes halogenated alkanes) is 1. The summed E-state index contributed by atoms with van der Waals surface area (Å²) in [7, 11) is -3.86. The van der Waals surface area contributed by atoms with E-state index in [1.807, 2.05) is 19.1 Å². The Morgan fingerprint density at radius 1 is 1.23 bits per heavy atom. The van der Waals surface area contributed by atoms with E-state index in [4.69, 9.17) is 0 Å². The lowest BCUT2D eigenvalue weighted by Gasteiger charge is -2.20. The second kappa shape index (κ2) is 7.45. The summed E-state index contributed by atoms with van der Waals surface area (Å²) in [4.78, 5) is 12.1. The molecule has 5 nitrogen and oxygen atoms in total. The van der Waals surface area contributed by atoms with E-state index in [2.05, 4.69) is 5.32 Å². The predicted octanol–water partition coefficient (Wildman–Crippen LogP) is 3.11. The molecule has 2 aromatic rings. The van der Waals surface area contributed by atoms with Crippen LogP contribution in [0.1, 0.15) is 35.7 Å². The van der Waals surface area contributed by atoms with Gasteiger partial charge < -0.3 is 5.32 Å². The zero-order valence-electron chi connectivity index (χ0n) is 14.5. The topological polar surface area (TPSA) is 66.5 Å². The van der Waals surface area contributed by atoms with Crippen molar-refractivity contribution in [3.05, 3.63) is 59.4 Å². The quantitative estimate of drug-likeness (QED) is 0.788. The Kier molecular flexibility index (Phi) is 5.27. The normalized spacial score (nSPS) is 13.5. The van der Waals surface area contributed by atoms with Crippen LogP contribution in [0.5, 0.6) is 0 Å². The van der Waals surface area contributed by atoms with Crippen molar-refractivity contribution in [2.24, 2.45) is 0 Å². The minimum Gasteiger partial charge on any atom is -0.352 e. The first-order chi connectivity index (χ1) is 12.4. The lowest BCUT2D eigenvalue weighted by atomic mass is 10.2. The third kappa shape index (κ3) is 3.44. The van der Waals surface area contributed by atoms with Crippen molar-refractivity contribution in [1.29, 1.82) is 0 Å². The van der Waals surface area contributed by atoms with E-state index in [1.165, 1.54) is 10.4 Å². The maximum absolute atomic E-state index is 14.1. The zero-order chi connectivity index (χ0) is 18.7. The molecule has 0 fully saturated rings. The second-order valence-electron chi connectivity index (χ2n) is 6.21. The number of fused-ring (bicyclic) bond motifs is 1. The highest BCUT2D eigenvalue weighted by Gasteiger charge is 2.31. The number of amides is 1. The minimum atomic E-state index is -3.86. The summed E-state index contributed by atoms with van der Waals surface area (Å²) < 4.78 is 41.4. The summed E-state index contributed by atoms with van der Waals surface area (Å²) in [6, 6.07) is 10.6. The van der Waals surface area contributed by atoms with Gasteiger partial charge in [-0.15, -0.1) is 0 Å². The van der Waals surface area contributed by atoms with Gasteiger partial charge in [-0.3, -0.25) is 9.10 Å². The molecular weight excluding hydrogens is 355 g/mol. The van der Waals surface area contributed by atoms with Crippen LogP contribution in [0.2, 0.25) is 0 Å². The number of nitrogens with zero attached hydrogens (tertiary/aromatic N) is 1. The number of hydrogen-bond donors (Lipinski definition) is 1. The first-order valence-corrected chi connectivity index (χ1v) is 10.1. The molecule has 0 aromatic heterocycles. The molecule has 0 unspecified atom stereocenters. The first kappa shape index (κ1) is 18.4. The Bertz CT molecular complexity index is 928. The Balaban J connectivity index is 1.92. The summed E-state index contributed by atoms with van der Waals surface area (Å²) in [5.74, 6) is -1.34. The van der Waals surface area contributed by atoms with E-state index in [9.17, 15) is 17.6 Å². The molecule has 7 heteroatoms. The average molecular weight is 376 g/mol. The van der Waals surface area contributed by atoms with E-state index >= 15 is 0 Å². The third-order valence-corrected chi connectivity index (χ3v) is 6.24. The van der Waals surface area contributed by atoms with Crippen molar-refractivity contribution in [2.45, 2.75) is 31.1 Å². The van der Waals surface area contributed by atoms with Crippen molar-refractivity contribution in [2.75, 3.05) is 17.4 Å². The summed E-state index contributed by atoms with van der Waals surface area (Å²) in [5.41, 5.74) is 1.33. The van der Waals surface area contributed by atoms with Crippen LogP contribution in [0.3, 0.4) is 0 Å². The van der Waals surface area contributed by atoms with Crippen LogP contribution in [-0.2, 0) is 16.4 Å². The van der Waals surface area contributed by atoms with Gasteiger partial charge in [0.2, 0.25) is 0 Å². The van der Waals surface area contributed by atoms with Crippen LogP contribution < -0.4 is 9.62 Å². The van der Waals surface area contributed by atoms with Crippen LogP contribution in [0.25, 0.3) is 0 Å². The number of nitrogens with one attached hydrogen (secondary N) is 1. The molecule has 0 spiro atoms. The third-order valence-electron chi connectivity index (χ3n) is 4.43. The molecule has 0 radical (unpaired) electrons. The number of benzene rings is 2. The van der Waals surface area contributed by atoms with E-state index in [0.717, 1.165) is 30.5 Å². The molecule has 1 amide bonds. The number of sulfonamides is 1. The molecule has 1 N–H and O–H groups in total. The molecule has 1 aliphatic rings. The van der Waals surface area contributed by atoms with Gasteiger partial charge in [0, 0.05) is 13.1 Å². The molecule has 26 heavy (non-hydrogen) atoms. The molecule has 1 aliphatic heterocycles. The number of hydrogen-bond acceptors (Lipinski definition) is 3. The lowest BCUT2D eigenvalue weighted by Crippen LogP contribution is -2.30. The SMILES string of the molecule is CCCCNC(=O)c1cc(S(=O)(=O)N2CCc3ccccc32)ccc1F. The van der Waals surface area contributed by atoms with Gasteiger partial charge in [0.25, 0.3) is 15.9 Å². The fourth-order valence-electron chi connectivity index (χ4n) is 3.00. The maximum Gasteiger partial charge on any atom is 0.264 e. The largest absolute Gasteiger partial charge is 0.352 e. The number of rotatable bonds is 6. The number of para-hydroxylation sites is 1. The molecule has 0 aliphatic carbocycles. The molecule has 0 saturated carbocycles. The highest BCUT2D eigenvalue weighted by atomic mass is 32.2. The summed E-state index contributed by atoms with van der Waals surface area (Å²) in [6.07, 6.45) is 2.29. The summed E-state index contributed by atoms with van der Waals surface area (Å²) >= 11 is 0. The standard InChI is InChI=1S/C19H21FN2O3S/c1-2-3-11-21-19(23)16-13-15(8-9-17(16)20)26(24,25)22-12-10-14-6-4-5-7-18(14)22/h4-9,13H,2-3,10-12H2,1H3,(H,21,23). The van der Waals surface area contributed by atoms with Crippen molar-refractivity contribution < 1.29 is 17.6 Å². The van der Waals surface area contributed by atoms with Crippen LogP contribution in [0.15, 0.2) is 47.4 Å². The number of carbonyl (C=O) groups is 1. The zero-order valence-corrected chi connectivity index (χ0v) is 15.4. The van der Waals surface area contributed by atoms with Gasteiger partial charge in [-0.1, -0.05) is 31.5 Å². The maximum atomic E-state index is 14.1. The average Bonchev–Trinajstić information content (AvgIpc) is 3.07. The highest BCUT2D eigenvalue weighted by Crippen LogP contribution is 2.33. The number of anilines is 1. The van der Waals surface area contributed by atoms with Crippen molar-refractivity contribution in [3.8, 4) is 0 Å². The molecule has 0 atom stereocenters. The Morgan fingerprint density at radius 2 is 2.00 bits per heavy atom. The fraction of sp³-hybridized carbons (Fsp3) is 0.316. The Morgan fingerprint density at radius 3 is 2.77 bits per heavy atom. The Hall–Kier alpha value is -2.41. The summed E-state index contributed by atoms with van der Waals surface area (Å²) in [5, 5.41) is 2.62. The van der Waals surface area contributed by atoms with Crippen LogP contribution in [-0.4, -0.2) is 27.4 Å². The molecule has 1 heterocycles. The minimum absolute atomic E-state index is 0.0868.